The highest BCUT2D eigenvalue weighted by atomic mass is 16.5. The standard InChI is InChI=1S/C15H19N3O3/c1-15(2,3)13-12(9-19)16-17-18(13)11-7-5-10(6-8-11)14(20)21-4/h5-8,19H,9H2,1-4H3. The lowest BCUT2D eigenvalue weighted by Crippen LogP contribution is -2.19. The fourth-order valence-corrected chi connectivity index (χ4v) is 2.21. The van der Waals surface area contributed by atoms with Gasteiger partial charge in [0.2, 0.25) is 0 Å². The summed E-state index contributed by atoms with van der Waals surface area (Å²) in [6, 6.07) is 6.90. The topological polar surface area (TPSA) is 77.2 Å². The molecule has 2 rings (SSSR count). The SMILES string of the molecule is COC(=O)c1ccc(-n2nnc(CO)c2C(C)(C)C)cc1. The second-order valence-corrected chi connectivity index (χ2v) is 5.74. The van der Waals surface area contributed by atoms with Crippen LogP contribution in [0.5, 0.6) is 0 Å². The molecule has 112 valence electrons. The molecule has 1 N–H and O–H groups in total. The number of methoxy groups -OCH3 is 1. The van der Waals surface area contributed by atoms with Crippen molar-refractivity contribution in [2.45, 2.75) is 32.8 Å². The van der Waals surface area contributed by atoms with Crippen LogP contribution in [0.3, 0.4) is 0 Å². The molecule has 0 bridgehead atoms. The molecular formula is C15H19N3O3. The molecule has 0 saturated carbocycles. The quantitative estimate of drug-likeness (QED) is 0.872. The zero-order valence-corrected chi connectivity index (χ0v) is 12.6. The fraction of sp³-hybridized carbons (Fsp3) is 0.400. The van der Waals surface area contributed by atoms with E-state index < -0.39 is 0 Å². The number of nitrogens with zero attached hydrogens (tertiary/aromatic N) is 3. The molecule has 1 aromatic heterocycles. The third-order valence-electron chi connectivity index (χ3n) is 3.13. The van der Waals surface area contributed by atoms with Crippen molar-refractivity contribution in [1.82, 2.24) is 15.0 Å². The number of ether oxygens (including phenoxy) is 1. The van der Waals surface area contributed by atoms with Crippen molar-refractivity contribution >= 4 is 5.97 Å². The van der Waals surface area contributed by atoms with Crippen molar-refractivity contribution < 1.29 is 14.6 Å². The first kappa shape index (κ1) is 15.2. The van der Waals surface area contributed by atoms with Crippen LogP contribution in [0.15, 0.2) is 24.3 Å². The molecule has 21 heavy (non-hydrogen) atoms. The van der Waals surface area contributed by atoms with Crippen molar-refractivity contribution in [3.05, 3.63) is 41.2 Å². The number of aliphatic hydroxyl groups excluding tert-OH is 1. The van der Waals surface area contributed by atoms with Gasteiger partial charge in [-0.15, -0.1) is 5.10 Å². The summed E-state index contributed by atoms with van der Waals surface area (Å²) in [5.74, 6) is -0.382. The van der Waals surface area contributed by atoms with Crippen molar-refractivity contribution in [3.8, 4) is 5.69 Å². The summed E-state index contributed by atoms with van der Waals surface area (Å²) >= 11 is 0. The van der Waals surface area contributed by atoms with Gasteiger partial charge in [0.05, 0.1) is 30.7 Å². The maximum Gasteiger partial charge on any atom is 0.337 e. The number of aromatic nitrogens is 3. The lowest BCUT2D eigenvalue weighted by atomic mass is 9.90. The average Bonchev–Trinajstić information content (AvgIpc) is 2.90. The highest BCUT2D eigenvalue weighted by Crippen LogP contribution is 2.27. The predicted octanol–water partition coefficient (Wildman–Crippen LogP) is 1.84. The van der Waals surface area contributed by atoms with E-state index in [-0.39, 0.29) is 18.0 Å². The maximum absolute atomic E-state index is 11.4. The Morgan fingerprint density at radius 3 is 2.38 bits per heavy atom. The maximum atomic E-state index is 11.4. The third-order valence-corrected chi connectivity index (χ3v) is 3.13. The molecule has 0 aliphatic rings. The van der Waals surface area contributed by atoms with E-state index in [1.54, 1.807) is 28.9 Å². The van der Waals surface area contributed by atoms with Crippen LogP contribution in [0, 0.1) is 0 Å². The lowest BCUT2D eigenvalue weighted by molar-refractivity contribution is 0.0600. The van der Waals surface area contributed by atoms with Gasteiger partial charge in [-0.3, -0.25) is 0 Å². The molecule has 0 spiro atoms. The van der Waals surface area contributed by atoms with Crippen LogP contribution in [0.1, 0.15) is 42.5 Å². The van der Waals surface area contributed by atoms with Gasteiger partial charge in [0.1, 0.15) is 5.69 Å². The van der Waals surface area contributed by atoms with Crippen molar-refractivity contribution in [2.24, 2.45) is 0 Å². The smallest absolute Gasteiger partial charge is 0.337 e. The van der Waals surface area contributed by atoms with Gasteiger partial charge < -0.3 is 9.84 Å². The molecule has 6 heteroatoms. The molecule has 1 heterocycles. The van der Waals surface area contributed by atoms with Gasteiger partial charge >= 0.3 is 5.97 Å². The Bertz CT molecular complexity index is 639. The predicted molar refractivity (Wildman–Crippen MR) is 77.3 cm³/mol. The summed E-state index contributed by atoms with van der Waals surface area (Å²) in [5.41, 5.74) is 2.43. The van der Waals surface area contributed by atoms with Gasteiger partial charge in [0.25, 0.3) is 0 Å². The van der Waals surface area contributed by atoms with E-state index >= 15 is 0 Å². The largest absolute Gasteiger partial charge is 0.465 e. The Morgan fingerprint density at radius 2 is 1.90 bits per heavy atom. The van der Waals surface area contributed by atoms with Gasteiger partial charge in [0.15, 0.2) is 0 Å². The van der Waals surface area contributed by atoms with Crippen LogP contribution >= 0.6 is 0 Å². The van der Waals surface area contributed by atoms with E-state index in [9.17, 15) is 9.90 Å². The van der Waals surface area contributed by atoms with Gasteiger partial charge in [-0.05, 0) is 24.3 Å². The van der Waals surface area contributed by atoms with Crippen LogP contribution < -0.4 is 0 Å². The molecule has 2 aromatic rings. The normalized spacial score (nSPS) is 11.5. The van der Waals surface area contributed by atoms with E-state index in [0.717, 1.165) is 11.4 Å². The van der Waals surface area contributed by atoms with Gasteiger partial charge in [-0.25, -0.2) is 9.48 Å². The second kappa shape index (κ2) is 5.65. The number of hydrogen-bond acceptors (Lipinski definition) is 5. The molecule has 1 aromatic carbocycles. The van der Waals surface area contributed by atoms with Crippen LogP contribution in [0.4, 0.5) is 0 Å². The van der Waals surface area contributed by atoms with Crippen LogP contribution in [-0.4, -0.2) is 33.2 Å². The lowest BCUT2D eigenvalue weighted by Gasteiger charge is -2.21. The molecule has 0 fully saturated rings. The highest BCUT2D eigenvalue weighted by Gasteiger charge is 2.25. The minimum atomic E-state index is -0.382. The Morgan fingerprint density at radius 1 is 1.29 bits per heavy atom. The molecule has 0 saturated heterocycles. The van der Waals surface area contributed by atoms with Crippen LogP contribution in [0.2, 0.25) is 0 Å². The zero-order valence-electron chi connectivity index (χ0n) is 12.6. The minimum Gasteiger partial charge on any atom is -0.465 e. The number of carbonyl (C=O) groups is 1. The molecule has 6 nitrogen and oxygen atoms in total. The number of benzene rings is 1. The Kier molecular flexibility index (Phi) is 4.09. The molecule has 0 atom stereocenters. The molecule has 0 aliphatic heterocycles. The number of carbonyl (C=O) groups excluding carboxylic acids is 1. The number of hydrogen-bond donors (Lipinski definition) is 1. The zero-order chi connectivity index (χ0) is 15.6. The summed E-state index contributed by atoms with van der Waals surface area (Å²) in [5, 5.41) is 17.5. The number of esters is 1. The molecule has 0 aliphatic carbocycles. The minimum absolute atomic E-state index is 0.160. The van der Waals surface area contributed by atoms with E-state index in [0.29, 0.717) is 11.3 Å². The van der Waals surface area contributed by atoms with Gasteiger partial charge in [-0.1, -0.05) is 26.0 Å². The van der Waals surface area contributed by atoms with Crippen molar-refractivity contribution in [2.75, 3.05) is 7.11 Å². The molecule has 0 amide bonds. The average molecular weight is 289 g/mol. The monoisotopic (exact) mass is 289 g/mol. The summed E-state index contributed by atoms with van der Waals surface area (Å²) < 4.78 is 6.36. The van der Waals surface area contributed by atoms with Gasteiger partial charge in [-0.2, -0.15) is 0 Å². The summed E-state index contributed by atoms with van der Waals surface area (Å²) in [6.07, 6.45) is 0. The molecule has 0 unspecified atom stereocenters. The number of rotatable bonds is 3. The van der Waals surface area contributed by atoms with Crippen LogP contribution in [0.25, 0.3) is 5.69 Å². The number of aliphatic hydroxyl groups is 1. The Hall–Kier alpha value is -2.21. The first-order valence-electron chi connectivity index (χ1n) is 6.63. The summed E-state index contributed by atoms with van der Waals surface area (Å²) in [7, 11) is 1.35. The Labute approximate surface area is 123 Å². The Balaban J connectivity index is 2.48. The van der Waals surface area contributed by atoms with Crippen molar-refractivity contribution in [3.63, 3.8) is 0 Å². The summed E-state index contributed by atoms with van der Waals surface area (Å²) in [4.78, 5) is 11.4. The van der Waals surface area contributed by atoms with E-state index in [2.05, 4.69) is 15.0 Å². The van der Waals surface area contributed by atoms with E-state index in [1.807, 2.05) is 20.8 Å². The molecular weight excluding hydrogens is 270 g/mol. The second-order valence-electron chi connectivity index (χ2n) is 5.74. The van der Waals surface area contributed by atoms with E-state index in [4.69, 9.17) is 0 Å². The highest BCUT2D eigenvalue weighted by molar-refractivity contribution is 5.89. The first-order chi connectivity index (χ1) is 9.88. The van der Waals surface area contributed by atoms with Gasteiger partial charge in [0, 0.05) is 5.41 Å². The summed E-state index contributed by atoms with van der Waals surface area (Å²) in [6.45, 7) is 5.94. The van der Waals surface area contributed by atoms with Crippen molar-refractivity contribution in [1.29, 1.82) is 0 Å². The first-order valence-corrected chi connectivity index (χ1v) is 6.63. The van der Waals surface area contributed by atoms with E-state index in [1.165, 1.54) is 7.11 Å². The fourth-order valence-electron chi connectivity index (χ4n) is 2.21. The molecule has 0 radical (unpaired) electrons. The third kappa shape index (κ3) is 2.95. The van der Waals surface area contributed by atoms with Crippen LogP contribution in [-0.2, 0) is 16.8 Å².